The zero-order valence-electron chi connectivity index (χ0n) is 11.4. The van der Waals surface area contributed by atoms with Crippen LogP contribution in [-0.4, -0.2) is 31.0 Å². The Bertz CT molecular complexity index is 372. The molecule has 1 amide bonds. The van der Waals surface area contributed by atoms with Gasteiger partial charge in [0.25, 0.3) is 0 Å². The van der Waals surface area contributed by atoms with Gasteiger partial charge in [-0.2, -0.15) is 0 Å². The van der Waals surface area contributed by atoms with E-state index in [-0.39, 0.29) is 6.29 Å². The minimum atomic E-state index is -0.996. The molecule has 1 rings (SSSR count). The smallest absolute Gasteiger partial charge is 0.404 e. The van der Waals surface area contributed by atoms with Gasteiger partial charge in [-0.3, -0.25) is 0 Å². The van der Waals surface area contributed by atoms with E-state index in [2.05, 4.69) is 5.32 Å². The van der Waals surface area contributed by atoms with Crippen molar-refractivity contribution in [1.82, 2.24) is 5.32 Å². The molecular weight excluding hydrogens is 246 g/mol. The first-order valence-electron chi connectivity index (χ1n) is 6.46. The van der Waals surface area contributed by atoms with Gasteiger partial charge in [0.05, 0.1) is 0 Å². The van der Waals surface area contributed by atoms with Gasteiger partial charge in [0.2, 0.25) is 0 Å². The Balaban J connectivity index is 2.55. The summed E-state index contributed by atoms with van der Waals surface area (Å²) >= 11 is 0. The van der Waals surface area contributed by atoms with E-state index >= 15 is 0 Å². The summed E-state index contributed by atoms with van der Waals surface area (Å²) in [6.07, 6.45) is -0.661. The summed E-state index contributed by atoms with van der Waals surface area (Å²) in [7, 11) is 0. The molecule has 2 N–H and O–H groups in total. The first-order valence-corrected chi connectivity index (χ1v) is 6.46. The maximum atomic E-state index is 10.3. The van der Waals surface area contributed by atoms with E-state index < -0.39 is 6.09 Å². The summed E-state index contributed by atoms with van der Waals surface area (Å²) in [6.45, 7) is 5.45. The maximum absolute atomic E-state index is 10.3. The number of carboxylic acid groups (broad SMARTS) is 1. The second-order valence-corrected chi connectivity index (χ2v) is 3.97. The average Bonchev–Trinajstić information content (AvgIpc) is 2.39. The van der Waals surface area contributed by atoms with Crippen LogP contribution in [-0.2, 0) is 15.9 Å². The van der Waals surface area contributed by atoms with Crippen LogP contribution in [0.3, 0.4) is 0 Å². The summed E-state index contributed by atoms with van der Waals surface area (Å²) in [5, 5.41) is 10.8. The summed E-state index contributed by atoms with van der Waals surface area (Å²) in [6, 6.07) is 7.83. The van der Waals surface area contributed by atoms with Crippen LogP contribution in [0.1, 0.15) is 31.3 Å². The molecule has 0 atom stereocenters. The molecule has 0 heterocycles. The number of amides is 1. The molecule has 0 aromatic heterocycles. The SMILES string of the molecule is CCOC(OCC)c1ccc(CCNC(=O)O)cc1. The fourth-order valence-electron chi connectivity index (χ4n) is 1.70. The maximum Gasteiger partial charge on any atom is 0.404 e. The topological polar surface area (TPSA) is 67.8 Å². The predicted molar refractivity (Wildman–Crippen MR) is 72.2 cm³/mol. The van der Waals surface area contributed by atoms with Crippen LogP contribution < -0.4 is 5.32 Å². The third-order valence-electron chi connectivity index (χ3n) is 2.58. The Labute approximate surface area is 113 Å². The number of hydrogen-bond acceptors (Lipinski definition) is 3. The van der Waals surface area contributed by atoms with Crippen LogP contribution in [0, 0.1) is 0 Å². The number of rotatable bonds is 8. The summed E-state index contributed by atoms with van der Waals surface area (Å²) < 4.78 is 11.0. The van der Waals surface area contributed by atoms with Gasteiger partial charge in [-0.25, -0.2) is 4.79 Å². The Morgan fingerprint density at radius 3 is 2.26 bits per heavy atom. The highest BCUT2D eigenvalue weighted by Crippen LogP contribution is 2.19. The number of carbonyl (C=O) groups is 1. The minimum Gasteiger partial charge on any atom is -0.465 e. The van der Waals surface area contributed by atoms with E-state index in [1.54, 1.807) is 0 Å². The van der Waals surface area contributed by atoms with Gasteiger partial charge in [0.15, 0.2) is 6.29 Å². The Morgan fingerprint density at radius 1 is 1.21 bits per heavy atom. The molecule has 0 unspecified atom stereocenters. The molecule has 0 aliphatic rings. The van der Waals surface area contributed by atoms with Crippen LogP contribution in [0.5, 0.6) is 0 Å². The number of hydrogen-bond donors (Lipinski definition) is 2. The first kappa shape index (κ1) is 15.5. The molecule has 19 heavy (non-hydrogen) atoms. The molecule has 5 nitrogen and oxygen atoms in total. The van der Waals surface area contributed by atoms with E-state index in [0.29, 0.717) is 26.2 Å². The van der Waals surface area contributed by atoms with Gasteiger partial charge in [0, 0.05) is 25.3 Å². The molecule has 106 valence electrons. The fraction of sp³-hybridized carbons (Fsp3) is 0.500. The van der Waals surface area contributed by atoms with Gasteiger partial charge in [-0.15, -0.1) is 0 Å². The zero-order valence-corrected chi connectivity index (χ0v) is 11.4. The molecule has 0 saturated carbocycles. The van der Waals surface area contributed by atoms with Crippen molar-refractivity contribution in [3.05, 3.63) is 35.4 Å². The Morgan fingerprint density at radius 2 is 1.79 bits per heavy atom. The van der Waals surface area contributed by atoms with E-state index in [4.69, 9.17) is 14.6 Å². The van der Waals surface area contributed by atoms with Crippen LogP contribution >= 0.6 is 0 Å². The van der Waals surface area contributed by atoms with E-state index in [1.165, 1.54) is 0 Å². The Kier molecular flexibility index (Phi) is 6.92. The quantitative estimate of drug-likeness (QED) is 0.710. The largest absolute Gasteiger partial charge is 0.465 e. The summed E-state index contributed by atoms with van der Waals surface area (Å²) in [4.78, 5) is 10.3. The van der Waals surface area contributed by atoms with E-state index in [1.807, 2.05) is 38.1 Å². The predicted octanol–water partition coefficient (Wildman–Crippen LogP) is 2.57. The summed E-state index contributed by atoms with van der Waals surface area (Å²) in [5.41, 5.74) is 2.04. The van der Waals surface area contributed by atoms with Crippen molar-refractivity contribution in [3.8, 4) is 0 Å². The normalized spacial score (nSPS) is 10.7. The zero-order chi connectivity index (χ0) is 14.1. The highest BCUT2D eigenvalue weighted by atomic mass is 16.7. The lowest BCUT2D eigenvalue weighted by atomic mass is 10.1. The van der Waals surface area contributed by atoms with Crippen molar-refractivity contribution in [2.24, 2.45) is 0 Å². The van der Waals surface area contributed by atoms with E-state index in [9.17, 15) is 4.79 Å². The molecule has 5 heteroatoms. The van der Waals surface area contributed by atoms with Crippen molar-refractivity contribution in [1.29, 1.82) is 0 Å². The van der Waals surface area contributed by atoms with Crippen LogP contribution in [0.2, 0.25) is 0 Å². The molecule has 0 radical (unpaired) electrons. The average molecular weight is 267 g/mol. The lowest BCUT2D eigenvalue weighted by Crippen LogP contribution is -2.23. The first-order chi connectivity index (χ1) is 9.17. The van der Waals surface area contributed by atoms with Gasteiger partial charge >= 0.3 is 6.09 Å². The molecule has 0 fully saturated rings. The fourth-order valence-corrected chi connectivity index (χ4v) is 1.70. The van der Waals surface area contributed by atoms with Crippen molar-refractivity contribution in [3.63, 3.8) is 0 Å². The van der Waals surface area contributed by atoms with Crippen LogP contribution in [0.4, 0.5) is 4.79 Å². The van der Waals surface area contributed by atoms with Crippen LogP contribution in [0.25, 0.3) is 0 Å². The molecule has 1 aromatic rings. The number of benzene rings is 1. The van der Waals surface area contributed by atoms with Crippen molar-refractivity contribution < 1.29 is 19.4 Å². The minimum absolute atomic E-state index is 0.332. The lowest BCUT2D eigenvalue weighted by molar-refractivity contribution is -0.140. The van der Waals surface area contributed by atoms with E-state index in [0.717, 1.165) is 11.1 Å². The second kappa shape index (κ2) is 8.50. The van der Waals surface area contributed by atoms with Gasteiger partial charge < -0.3 is 19.9 Å². The molecule has 1 aromatic carbocycles. The standard InChI is InChI=1S/C14H21NO4/c1-3-18-13(19-4-2)12-7-5-11(6-8-12)9-10-15-14(16)17/h5-8,13,15H,3-4,9-10H2,1-2H3,(H,16,17). The number of ether oxygens (including phenoxy) is 2. The highest BCUT2D eigenvalue weighted by Gasteiger charge is 2.10. The van der Waals surface area contributed by atoms with Crippen molar-refractivity contribution in [2.45, 2.75) is 26.6 Å². The van der Waals surface area contributed by atoms with Crippen LogP contribution in [0.15, 0.2) is 24.3 Å². The highest BCUT2D eigenvalue weighted by molar-refractivity contribution is 5.64. The second-order valence-electron chi connectivity index (χ2n) is 3.97. The summed E-state index contributed by atoms with van der Waals surface area (Å²) in [5.74, 6) is 0. The molecular formula is C14H21NO4. The van der Waals surface area contributed by atoms with Gasteiger partial charge in [-0.05, 0) is 25.8 Å². The van der Waals surface area contributed by atoms with Crippen molar-refractivity contribution in [2.75, 3.05) is 19.8 Å². The molecule has 0 aliphatic heterocycles. The molecule has 0 aliphatic carbocycles. The molecule has 0 saturated heterocycles. The third-order valence-corrected chi connectivity index (χ3v) is 2.58. The monoisotopic (exact) mass is 267 g/mol. The van der Waals surface area contributed by atoms with Gasteiger partial charge in [0.1, 0.15) is 0 Å². The molecule has 0 bridgehead atoms. The lowest BCUT2D eigenvalue weighted by Gasteiger charge is -2.17. The van der Waals surface area contributed by atoms with Gasteiger partial charge in [-0.1, -0.05) is 24.3 Å². The Hall–Kier alpha value is -1.59. The van der Waals surface area contributed by atoms with Crippen molar-refractivity contribution >= 4 is 6.09 Å². The molecule has 0 spiro atoms. The number of nitrogens with one attached hydrogen (secondary N) is 1. The third kappa shape index (κ3) is 5.72.